The minimum absolute atomic E-state index is 0.0775. The maximum absolute atomic E-state index is 12.6. The van der Waals surface area contributed by atoms with Gasteiger partial charge < -0.3 is 21.1 Å². The van der Waals surface area contributed by atoms with E-state index in [0.29, 0.717) is 6.42 Å². The second-order valence-corrected chi connectivity index (χ2v) is 13.2. The first-order valence-corrected chi connectivity index (χ1v) is 19.0. The molecule has 0 aromatic rings. The normalized spacial score (nSPS) is 14.8. The quantitative estimate of drug-likeness (QED) is 0.0332. The molecular weight excluding hydrogens is 563 g/mol. The number of carbonyl (C=O) groups excluding carboxylic acids is 1. The highest BCUT2D eigenvalue weighted by molar-refractivity contribution is 7.47. The molecule has 3 atom stereocenters. The van der Waals surface area contributed by atoms with Crippen LogP contribution in [0.4, 0.5) is 0 Å². The molecule has 0 saturated carbocycles. The van der Waals surface area contributed by atoms with E-state index in [-0.39, 0.29) is 25.7 Å². The number of phosphoric ester groups is 1. The summed E-state index contributed by atoms with van der Waals surface area (Å²) in [6.07, 6.45) is 32.2. The van der Waals surface area contributed by atoms with Crippen LogP contribution in [0.5, 0.6) is 0 Å². The maximum atomic E-state index is 12.6. The van der Waals surface area contributed by atoms with Gasteiger partial charge in [0.2, 0.25) is 5.91 Å². The Bertz CT molecular complexity index is 734. The number of unbranched alkanes of at least 4 members (excludes halogenated alkanes) is 18. The van der Waals surface area contributed by atoms with Gasteiger partial charge in [0.25, 0.3) is 0 Å². The van der Waals surface area contributed by atoms with Gasteiger partial charge in [-0.15, -0.1) is 0 Å². The summed E-state index contributed by atoms with van der Waals surface area (Å²) in [4.78, 5) is 22.5. The summed E-state index contributed by atoms with van der Waals surface area (Å²) in [5.74, 6) is -0.207. The van der Waals surface area contributed by atoms with Gasteiger partial charge in [0.05, 0.1) is 25.4 Å². The van der Waals surface area contributed by atoms with Gasteiger partial charge >= 0.3 is 7.82 Å². The Morgan fingerprint density at radius 1 is 0.744 bits per heavy atom. The fourth-order valence-electron chi connectivity index (χ4n) is 4.82. The zero-order chi connectivity index (χ0) is 31.9. The number of carbonyl (C=O) groups is 1. The molecule has 5 N–H and O–H groups in total. The minimum atomic E-state index is -4.33. The van der Waals surface area contributed by atoms with Crippen molar-refractivity contribution in [1.82, 2.24) is 5.32 Å². The molecule has 0 aromatic carbocycles. The number of phosphoric acid groups is 1. The number of nitrogens with two attached hydrogens (primary N) is 1. The van der Waals surface area contributed by atoms with Crippen molar-refractivity contribution >= 4 is 13.7 Å². The van der Waals surface area contributed by atoms with E-state index in [2.05, 4.69) is 31.3 Å². The van der Waals surface area contributed by atoms with Crippen molar-refractivity contribution < 1.29 is 28.4 Å². The van der Waals surface area contributed by atoms with Crippen LogP contribution in [0.3, 0.4) is 0 Å². The van der Waals surface area contributed by atoms with E-state index >= 15 is 0 Å². The van der Waals surface area contributed by atoms with Crippen molar-refractivity contribution in [2.24, 2.45) is 5.73 Å². The van der Waals surface area contributed by atoms with Gasteiger partial charge in [-0.1, -0.05) is 134 Å². The predicted octanol–water partition coefficient (Wildman–Crippen LogP) is 8.66. The second-order valence-electron chi connectivity index (χ2n) is 11.7. The largest absolute Gasteiger partial charge is 0.472 e. The van der Waals surface area contributed by atoms with Crippen LogP contribution < -0.4 is 11.1 Å². The van der Waals surface area contributed by atoms with Crippen molar-refractivity contribution in [3.8, 4) is 0 Å². The number of nitrogens with one attached hydrogen (secondary N) is 1. The van der Waals surface area contributed by atoms with E-state index in [1.54, 1.807) is 6.08 Å². The van der Waals surface area contributed by atoms with Crippen molar-refractivity contribution in [3.05, 3.63) is 24.3 Å². The Balaban J connectivity index is 4.40. The zero-order valence-electron chi connectivity index (χ0n) is 27.7. The Kier molecular flexibility index (Phi) is 30.2. The van der Waals surface area contributed by atoms with Crippen LogP contribution in [-0.2, 0) is 18.4 Å². The number of hydrogen-bond acceptors (Lipinski definition) is 6. The van der Waals surface area contributed by atoms with Crippen LogP contribution in [0, 0.1) is 0 Å². The lowest BCUT2D eigenvalue weighted by atomic mass is 10.0. The molecule has 0 aliphatic carbocycles. The van der Waals surface area contributed by atoms with Gasteiger partial charge in [-0.3, -0.25) is 13.8 Å². The molecule has 0 heterocycles. The first kappa shape index (κ1) is 42.0. The summed E-state index contributed by atoms with van der Waals surface area (Å²) in [5, 5.41) is 13.5. The summed E-state index contributed by atoms with van der Waals surface area (Å²) >= 11 is 0. The van der Waals surface area contributed by atoms with Gasteiger partial charge in [0.1, 0.15) is 0 Å². The lowest BCUT2D eigenvalue weighted by Crippen LogP contribution is -2.45. The Labute approximate surface area is 264 Å². The van der Waals surface area contributed by atoms with Gasteiger partial charge in [0, 0.05) is 13.0 Å². The van der Waals surface area contributed by atoms with E-state index in [9.17, 15) is 19.4 Å². The molecule has 0 aromatic heterocycles. The molecular formula is C34H67N2O6P. The van der Waals surface area contributed by atoms with Crippen LogP contribution in [0.25, 0.3) is 0 Å². The van der Waals surface area contributed by atoms with Crippen LogP contribution in [0.15, 0.2) is 24.3 Å². The first-order valence-electron chi connectivity index (χ1n) is 17.5. The number of aliphatic hydroxyl groups is 1. The molecule has 3 unspecified atom stereocenters. The van der Waals surface area contributed by atoms with Crippen molar-refractivity contribution in [2.75, 3.05) is 19.8 Å². The first-order chi connectivity index (χ1) is 20.9. The molecule has 1 amide bonds. The van der Waals surface area contributed by atoms with E-state index in [4.69, 9.17) is 14.8 Å². The molecule has 0 aliphatic heterocycles. The highest BCUT2D eigenvalue weighted by Crippen LogP contribution is 2.43. The number of rotatable bonds is 32. The molecule has 0 aliphatic rings. The molecule has 0 fully saturated rings. The molecule has 0 spiro atoms. The Morgan fingerprint density at radius 3 is 1.79 bits per heavy atom. The summed E-state index contributed by atoms with van der Waals surface area (Å²) in [5.41, 5.74) is 5.34. The third-order valence-corrected chi connectivity index (χ3v) is 8.51. The molecule has 0 rings (SSSR count). The lowest BCUT2D eigenvalue weighted by molar-refractivity contribution is -0.123. The van der Waals surface area contributed by atoms with Crippen LogP contribution >= 0.6 is 7.82 Å². The minimum Gasteiger partial charge on any atom is -0.387 e. The zero-order valence-corrected chi connectivity index (χ0v) is 28.6. The molecule has 0 radical (unpaired) electrons. The standard InChI is InChI=1S/C34H67N2O6P/c1-3-5-7-9-11-13-15-16-18-19-21-23-25-27-33(37)32(31-42-43(39,40)41-30-29-35)36-34(38)28-26-24-22-20-17-14-12-10-8-6-4-2/h10,12,25,27,32-33,37H,3-9,11,13-24,26,28-31,35H2,1-2H3,(H,36,38)(H,39,40)/b12-10-,27-25+. The summed E-state index contributed by atoms with van der Waals surface area (Å²) in [7, 11) is -4.33. The second kappa shape index (κ2) is 31.0. The number of hydrogen-bond donors (Lipinski definition) is 4. The Hall–Kier alpha value is -1.02. The lowest BCUT2D eigenvalue weighted by Gasteiger charge is -2.23. The van der Waals surface area contributed by atoms with E-state index < -0.39 is 20.0 Å². The fourth-order valence-corrected chi connectivity index (χ4v) is 5.58. The van der Waals surface area contributed by atoms with Crippen molar-refractivity contribution in [3.63, 3.8) is 0 Å². The van der Waals surface area contributed by atoms with Crippen molar-refractivity contribution in [1.29, 1.82) is 0 Å². The average molecular weight is 631 g/mol. The number of allylic oxidation sites excluding steroid dienone is 3. The summed E-state index contributed by atoms with van der Waals surface area (Å²) in [6.45, 7) is 4.06. The predicted molar refractivity (Wildman–Crippen MR) is 180 cm³/mol. The monoisotopic (exact) mass is 630 g/mol. The summed E-state index contributed by atoms with van der Waals surface area (Å²) in [6, 6.07) is -0.859. The molecule has 0 bridgehead atoms. The average Bonchev–Trinajstić information content (AvgIpc) is 2.99. The van der Waals surface area contributed by atoms with E-state index in [1.165, 1.54) is 77.0 Å². The van der Waals surface area contributed by atoms with Crippen molar-refractivity contribution in [2.45, 2.75) is 167 Å². The van der Waals surface area contributed by atoms with Crippen LogP contribution in [0.2, 0.25) is 0 Å². The number of amides is 1. The van der Waals surface area contributed by atoms with E-state index in [1.807, 2.05) is 6.08 Å². The molecule has 254 valence electrons. The number of aliphatic hydroxyl groups excluding tert-OH is 1. The van der Waals surface area contributed by atoms with Crippen LogP contribution in [0.1, 0.15) is 155 Å². The smallest absolute Gasteiger partial charge is 0.387 e. The van der Waals surface area contributed by atoms with Gasteiger partial charge in [-0.25, -0.2) is 4.57 Å². The highest BCUT2D eigenvalue weighted by Gasteiger charge is 2.26. The molecule has 43 heavy (non-hydrogen) atoms. The van der Waals surface area contributed by atoms with Gasteiger partial charge in [-0.2, -0.15) is 0 Å². The molecule has 9 heteroatoms. The molecule has 8 nitrogen and oxygen atoms in total. The topological polar surface area (TPSA) is 131 Å². The maximum Gasteiger partial charge on any atom is 0.472 e. The third kappa shape index (κ3) is 29.5. The van der Waals surface area contributed by atoms with Gasteiger partial charge in [-0.05, 0) is 38.5 Å². The molecule has 0 saturated heterocycles. The van der Waals surface area contributed by atoms with Crippen LogP contribution in [-0.4, -0.2) is 47.8 Å². The Morgan fingerprint density at radius 2 is 1.23 bits per heavy atom. The van der Waals surface area contributed by atoms with E-state index in [0.717, 1.165) is 57.8 Å². The fraction of sp³-hybridized carbons (Fsp3) is 0.853. The SMILES string of the molecule is CCCC/C=C\CCCCCCCC(=O)NC(COP(=O)(O)OCCN)C(O)/C=C/CCCCCCCCCCCCC. The summed E-state index contributed by atoms with van der Waals surface area (Å²) < 4.78 is 21.9. The third-order valence-electron chi connectivity index (χ3n) is 7.52. The van der Waals surface area contributed by atoms with Gasteiger partial charge in [0.15, 0.2) is 0 Å². The highest BCUT2D eigenvalue weighted by atomic mass is 31.2.